The van der Waals surface area contributed by atoms with Crippen LogP contribution in [-0.4, -0.2) is 32.7 Å². The van der Waals surface area contributed by atoms with E-state index in [-0.39, 0.29) is 19.0 Å². The standard InChI is InChI=1S/C12H11FN6O/c13-10-3-4-11(9(6-10)2-1-5-14)16-12(20)7-19-8-15-17-18-19/h3-4,6,8H,5,7,14H2,(H,16,20). The van der Waals surface area contributed by atoms with Crippen molar-refractivity contribution in [2.45, 2.75) is 6.54 Å². The van der Waals surface area contributed by atoms with Crippen molar-refractivity contribution in [2.75, 3.05) is 11.9 Å². The lowest BCUT2D eigenvalue weighted by Gasteiger charge is -2.07. The highest BCUT2D eigenvalue weighted by Gasteiger charge is 2.08. The van der Waals surface area contributed by atoms with Gasteiger partial charge in [-0.15, -0.1) is 5.10 Å². The van der Waals surface area contributed by atoms with E-state index in [4.69, 9.17) is 5.73 Å². The van der Waals surface area contributed by atoms with E-state index in [0.29, 0.717) is 11.3 Å². The van der Waals surface area contributed by atoms with Crippen LogP contribution < -0.4 is 11.1 Å². The normalized spacial score (nSPS) is 9.70. The first-order chi connectivity index (χ1) is 9.69. The van der Waals surface area contributed by atoms with Crippen LogP contribution in [0.2, 0.25) is 0 Å². The maximum atomic E-state index is 13.2. The van der Waals surface area contributed by atoms with Crippen molar-refractivity contribution >= 4 is 11.6 Å². The van der Waals surface area contributed by atoms with E-state index in [9.17, 15) is 9.18 Å². The molecule has 0 radical (unpaired) electrons. The quantitative estimate of drug-likeness (QED) is 0.753. The summed E-state index contributed by atoms with van der Waals surface area (Å²) in [4.78, 5) is 11.8. The Bertz CT molecular complexity index is 658. The van der Waals surface area contributed by atoms with Crippen molar-refractivity contribution in [3.05, 3.63) is 35.9 Å². The number of hydrogen-bond acceptors (Lipinski definition) is 5. The summed E-state index contributed by atoms with van der Waals surface area (Å²) >= 11 is 0. The van der Waals surface area contributed by atoms with Crippen molar-refractivity contribution in [3.8, 4) is 11.8 Å². The van der Waals surface area contributed by atoms with Crippen LogP contribution >= 0.6 is 0 Å². The first-order valence-electron chi connectivity index (χ1n) is 5.68. The molecule has 0 aliphatic rings. The van der Waals surface area contributed by atoms with Gasteiger partial charge in [0.2, 0.25) is 5.91 Å². The number of amides is 1. The number of carbonyl (C=O) groups excluding carboxylic acids is 1. The van der Waals surface area contributed by atoms with Crippen LogP contribution in [0.3, 0.4) is 0 Å². The maximum absolute atomic E-state index is 13.2. The minimum atomic E-state index is -0.440. The lowest BCUT2D eigenvalue weighted by atomic mass is 10.1. The Labute approximate surface area is 114 Å². The summed E-state index contributed by atoms with van der Waals surface area (Å²) in [7, 11) is 0. The smallest absolute Gasteiger partial charge is 0.246 e. The molecular weight excluding hydrogens is 263 g/mol. The van der Waals surface area contributed by atoms with Gasteiger partial charge in [-0.3, -0.25) is 4.79 Å². The number of rotatable bonds is 3. The number of aromatic nitrogens is 4. The van der Waals surface area contributed by atoms with Crippen LogP contribution in [0.15, 0.2) is 24.5 Å². The number of nitrogens with zero attached hydrogens (tertiary/aromatic N) is 4. The van der Waals surface area contributed by atoms with Gasteiger partial charge in [0.25, 0.3) is 0 Å². The molecule has 0 bridgehead atoms. The van der Waals surface area contributed by atoms with Gasteiger partial charge in [-0.05, 0) is 28.6 Å². The Kier molecular flexibility index (Phi) is 4.36. The zero-order chi connectivity index (χ0) is 14.4. The molecule has 0 saturated carbocycles. The molecule has 0 fully saturated rings. The fourth-order valence-corrected chi connectivity index (χ4v) is 1.46. The van der Waals surface area contributed by atoms with Crippen LogP contribution in [0.25, 0.3) is 0 Å². The van der Waals surface area contributed by atoms with E-state index < -0.39 is 5.82 Å². The van der Waals surface area contributed by atoms with Gasteiger partial charge in [-0.25, -0.2) is 9.07 Å². The van der Waals surface area contributed by atoms with Gasteiger partial charge in [0.1, 0.15) is 18.7 Å². The van der Waals surface area contributed by atoms with Crippen molar-refractivity contribution in [1.82, 2.24) is 20.2 Å². The summed E-state index contributed by atoms with van der Waals surface area (Å²) in [6.45, 7) is 0.0999. The average Bonchev–Trinajstić information content (AvgIpc) is 2.91. The maximum Gasteiger partial charge on any atom is 0.246 e. The molecule has 1 heterocycles. The van der Waals surface area contributed by atoms with Crippen molar-refractivity contribution in [2.24, 2.45) is 5.73 Å². The number of carbonyl (C=O) groups is 1. The first kappa shape index (κ1) is 13.6. The van der Waals surface area contributed by atoms with Gasteiger partial charge in [0, 0.05) is 0 Å². The van der Waals surface area contributed by atoms with E-state index in [0.717, 1.165) is 0 Å². The van der Waals surface area contributed by atoms with Crippen molar-refractivity contribution < 1.29 is 9.18 Å². The molecule has 0 spiro atoms. The fraction of sp³-hybridized carbons (Fsp3) is 0.167. The number of halogens is 1. The van der Waals surface area contributed by atoms with Crippen LogP contribution in [0.4, 0.5) is 10.1 Å². The summed E-state index contributed by atoms with van der Waals surface area (Å²) in [6, 6.07) is 3.91. The monoisotopic (exact) mass is 274 g/mol. The highest BCUT2D eigenvalue weighted by Crippen LogP contribution is 2.16. The lowest BCUT2D eigenvalue weighted by Crippen LogP contribution is -2.19. The molecule has 1 aromatic carbocycles. The molecule has 1 aromatic heterocycles. The summed E-state index contributed by atoms with van der Waals surface area (Å²) < 4.78 is 14.4. The Morgan fingerprint density at radius 3 is 3.05 bits per heavy atom. The van der Waals surface area contributed by atoms with Gasteiger partial charge in [-0.2, -0.15) is 0 Å². The third-order valence-electron chi connectivity index (χ3n) is 2.28. The molecule has 0 atom stereocenters. The summed E-state index contributed by atoms with van der Waals surface area (Å²) in [5.74, 6) is 4.53. The zero-order valence-electron chi connectivity index (χ0n) is 10.4. The molecule has 1 amide bonds. The van der Waals surface area contributed by atoms with E-state index in [2.05, 4.69) is 32.7 Å². The topological polar surface area (TPSA) is 98.7 Å². The minimum absolute atomic E-state index is 0.0475. The SMILES string of the molecule is NCC#Cc1cc(F)ccc1NC(=O)Cn1cnnn1. The zero-order valence-corrected chi connectivity index (χ0v) is 10.4. The van der Waals surface area contributed by atoms with Crippen LogP contribution in [-0.2, 0) is 11.3 Å². The minimum Gasteiger partial charge on any atom is -0.323 e. The third-order valence-corrected chi connectivity index (χ3v) is 2.28. The molecule has 2 rings (SSSR count). The van der Waals surface area contributed by atoms with Crippen molar-refractivity contribution in [1.29, 1.82) is 0 Å². The number of nitrogens with two attached hydrogens (primary N) is 1. The van der Waals surface area contributed by atoms with E-state index >= 15 is 0 Å². The van der Waals surface area contributed by atoms with Crippen LogP contribution in [0.1, 0.15) is 5.56 Å². The molecular formula is C12H11FN6O. The van der Waals surface area contributed by atoms with E-state index in [1.165, 1.54) is 29.2 Å². The number of nitrogens with one attached hydrogen (secondary N) is 1. The van der Waals surface area contributed by atoms with Gasteiger partial charge < -0.3 is 11.1 Å². The first-order valence-corrected chi connectivity index (χ1v) is 5.68. The number of benzene rings is 1. The largest absolute Gasteiger partial charge is 0.323 e. The summed E-state index contributed by atoms with van der Waals surface area (Å²) in [5.41, 5.74) is 6.05. The molecule has 2 aromatic rings. The number of tetrazole rings is 1. The lowest BCUT2D eigenvalue weighted by molar-refractivity contribution is -0.116. The Balaban J connectivity index is 2.14. The fourth-order valence-electron chi connectivity index (χ4n) is 1.46. The van der Waals surface area contributed by atoms with Crippen LogP contribution in [0.5, 0.6) is 0 Å². The van der Waals surface area contributed by atoms with Crippen molar-refractivity contribution in [3.63, 3.8) is 0 Å². The molecule has 0 unspecified atom stereocenters. The summed E-state index contributed by atoms with van der Waals surface area (Å²) in [6.07, 6.45) is 1.32. The third kappa shape index (κ3) is 3.60. The van der Waals surface area contributed by atoms with Gasteiger partial charge >= 0.3 is 0 Å². The molecule has 7 nitrogen and oxygen atoms in total. The second kappa shape index (κ2) is 6.40. The number of anilines is 1. The molecule has 0 aliphatic carbocycles. The van der Waals surface area contributed by atoms with Crippen LogP contribution in [0, 0.1) is 17.7 Å². The molecule has 8 heteroatoms. The predicted octanol–water partition coefficient (Wildman–Crippen LogP) is -0.239. The van der Waals surface area contributed by atoms with Gasteiger partial charge in [-0.1, -0.05) is 11.8 Å². The van der Waals surface area contributed by atoms with E-state index in [1.54, 1.807) is 0 Å². The molecule has 0 aliphatic heterocycles. The molecule has 3 N–H and O–H groups in total. The molecule has 102 valence electrons. The summed E-state index contributed by atoms with van der Waals surface area (Å²) in [5, 5.41) is 13.0. The predicted molar refractivity (Wildman–Crippen MR) is 68.8 cm³/mol. The van der Waals surface area contributed by atoms with Gasteiger partial charge in [0.15, 0.2) is 0 Å². The Hall–Kier alpha value is -2.79. The average molecular weight is 274 g/mol. The molecule has 0 saturated heterocycles. The second-order valence-corrected chi connectivity index (χ2v) is 3.75. The highest BCUT2D eigenvalue weighted by molar-refractivity contribution is 5.91. The Morgan fingerprint density at radius 1 is 1.50 bits per heavy atom. The Morgan fingerprint density at radius 2 is 2.35 bits per heavy atom. The number of hydrogen-bond donors (Lipinski definition) is 2. The second-order valence-electron chi connectivity index (χ2n) is 3.75. The highest BCUT2D eigenvalue weighted by atomic mass is 19.1. The molecule has 20 heavy (non-hydrogen) atoms. The van der Waals surface area contributed by atoms with E-state index in [1.807, 2.05) is 0 Å². The van der Waals surface area contributed by atoms with Gasteiger partial charge in [0.05, 0.1) is 17.8 Å².